The summed E-state index contributed by atoms with van der Waals surface area (Å²) in [5.41, 5.74) is 2.08. The molecule has 5 aromatic rings. The third kappa shape index (κ3) is 4.93. The minimum Gasteiger partial charge on any atom is -0.478 e. The first-order valence-corrected chi connectivity index (χ1v) is 12.5. The lowest BCUT2D eigenvalue weighted by Gasteiger charge is -2.28. The molecule has 0 amide bonds. The Bertz CT molecular complexity index is 1520. The maximum atomic E-state index is 11.8. The molecule has 37 heavy (non-hydrogen) atoms. The molecule has 0 fully saturated rings. The van der Waals surface area contributed by atoms with Gasteiger partial charge in [0.15, 0.2) is 11.2 Å². The molecule has 0 saturated carbocycles. The van der Waals surface area contributed by atoms with Crippen LogP contribution in [0.5, 0.6) is 5.75 Å². The second-order valence-electron chi connectivity index (χ2n) is 9.60. The van der Waals surface area contributed by atoms with Crippen molar-refractivity contribution in [2.24, 2.45) is 0 Å². The van der Waals surface area contributed by atoms with Gasteiger partial charge in [-0.25, -0.2) is 9.78 Å². The number of rotatable bonds is 9. The van der Waals surface area contributed by atoms with Crippen molar-refractivity contribution >= 4 is 27.8 Å². The summed E-state index contributed by atoms with van der Waals surface area (Å²) in [6, 6.07) is 29.3. The van der Waals surface area contributed by atoms with E-state index in [0.717, 1.165) is 39.4 Å². The van der Waals surface area contributed by atoms with E-state index in [0.29, 0.717) is 11.6 Å². The molecule has 0 aliphatic rings. The summed E-state index contributed by atoms with van der Waals surface area (Å²) in [6.07, 6.45) is 0.732. The summed E-state index contributed by atoms with van der Waals surface area (Å²) in [6.45, 7) is 5.19. The van der Waals surface area contributed by atoms with Gasteiger partial charge < -0.3 is 14.3 Å². The van der Waals surface area contributed by atoms with Crippen molar-refractivity contribution in [2.75, 3.05) is 0 Å². The van der Waals surface area contributed by atoms with Gasteiger partial charge in [-0.3, -0.25) is 5.32 Å². The van der Waals surface area contributed by atoms with Crippen molar-refractivity contribution in [1.29, 1.82) is 0 Å². The molecule has 4 aromatic carbocycles. The third-order valence-electron chi connectivity index (χ3n) is 6.64. The normalized spacial score (nSPS) is 13.5. The van der Waals surface area contributed by atoms with E-state index in [9.17, 15) is 9.90 Å². The number of oxazole rings is 1. The van der Waals surface area contributed by atoms with E-state index in [1.165, 1.54) is 0 Å². The van der Waals surface area contributed by atoms with E-state index in [4.69, 9.17) is 14.1 Å². The van der Waals surface area contributed by atoms with Crippen molar-refractivity contribution < 1.29 is 19.1 Å². The zero-order valence-corrected chi connectivity index (χ0v) is 21.1. The van der Waals surface area contributed by atoms with Crippen LogP contribution in [-0.2, 0) is 4.79 Å². The van der Waals surface area contributed by atoms with Crippen molar-refractivity contribution in [3.05, 3.63) is 108 Å². The number of fused-ring (bicyclic) bond motifs is 2. The molecule has 6 heteroatoms. The molecule has 0 saturated heterocycles. The predicted octanol–water partition coefficient (Wildman–Crippen LogP) is 7.05. The van der Waals surface area contributed by atoms with Crippen LogP contribution in [0.1, 0.15) is 56.3 Å². The van der Waals surface area contributed by atoms with Gasteiger partial charge in [0.2, 0.25) is 5.89 Å². The quantitative estimate of drug-likeness (QED) is 0.228. The van der Waals surface area contributed by atoms with Crippen molar-refractivity contribution in [2.45, 2.75) is 44.9 Å². The maximum absolute atomic E-state index is 11.8. The molecule has 2 unspecified atom stereocenters. The van der Waals surface area contributed by atoms with Gasteiger partial charge in [0, 0.05) is 11.6 Å². The van der Waals surface area contributed by atoms with E-state index < -0.39 is 11.6 Å². The predicted molar refractivity (Wildman–Crippen MR) is 145 cm³/mol. The SMILES string of the molecule is CCC(NC(c1nc2ccccc2o1)c1cccc2ccccc12)c1ccccc1OC(C)(C)C(=O)O. The molecular formula is C31H30N2O4. The van der Waals surface area contributed by atoms with Gasteiger partial charge in [-0.2, -0.15) is 0 Å². The molecule has 188 valence electrons. The summed E-state index contributed by atoms with van der Waals surface area (Å²) in [5.74, 6) is 0.0761. The largest absolute Gasteiger partial charge is 0.478 e. The molecule has 2 N–H and O–H groups in total. The van der Waals surface area contributed by atoms with Crippen LogP contribution in [0.3, 0.4) is 0 Å². The average molecular weight is 495 g/mol. The van der Waals surface area contributed by atoms with E-state index in [2.05, 4.69) is 36.5 Å². The number of ether oxygens (including phenoxy) is 1. The zero-order chi connectivity index (χ0) is 26.0. The Morgan fingerprint density at radius 1 is 0.946 bits per heavy atom. The highest BCUT2D eigenvalue weighted by Gasteiger charge is 2.32. The van der Waals surface area contributed by atoms with Gasteiger partial charge in [0.1, 0.15) is 17.3 Å². The Balaban J connectivity index is 1.61. The van der Waals surface area contributed by atoms with Crippen LogP contribution in [0.4, 0.5) is 0 Å². The maximum Gasteiger partial charge on any atom is 0.347 e. The first-order valence-electron chi connectivity index (χ1n) is 12.5. The number of carboxylic acids is 1. The van der Waals surface area contributed by atoms with Crippen LogP contribution < -0.4 is 10.1 Å². The number of carboxylic acid groups (broad SMARTS) is 1. The second kappa shape index (κ2) is 10.1. The highest BCUT2D eigenvalue weighted by Crippen LogP contribution is 2.36. The Morgan fingerprint density at radius 2 is 1.62 bits per heavy atom. The molecular weight excluding hydrogens is 464 g/mol. The van der Waals surface area contributed by atoms with Crippen LogP contribution in [0.25, 0.3) is 21.9 Å². The molecule has 0 aliphatic carbocycles. The number of aliphatic carboxylic acids is 1. The lowest BCUT2D eigenvalue weighted by Crippen LogP contribution is -2.38. The van der Waals surface area contributed by atoms with Crippen molar-refractivity contribution in [1.82, 2.24) is 10.3 Å². The van der Waals surface area contributed by atoms with E-state index in [-0.39, 0.29) is 12.1 Å². The zero-order valence-electron chi connectivity index (χ0n) is 21.1. The Hall–Kier alpha value is -4.16. The van der Waals surface area contributed by atoms with Gasteiger partial charge >= 0.3 is 5.97 Å². The summed E-state index contributed by atoms with van der Waals surface area (Å²) in [5, 5.41) is 15.7. The first-order chi connectivity index (χ1) is 17.9. The smallest absolute Gasteiger partial charge is 0.347 e. The number of para-hydroxylation sites is 3. The molecule has 0 spiro atoms. The number of hydrogen-bond donors (Lipinski definition) is 2. The molecule has 1 aromatic heterocycles. The van der Waals surface area contributed by atoms with Gasteiger partial charge in [-0.1, -0.05) is 79.7 Å². The molecule has 0 aliphatic heterocycles. The lowest BCUT2D eigenvalue weighted by atomic mass is 9.95. The van der Waals surface area contributed by atoms with E-state index in [1.54, 1.807) is 13.8 Å². The van der Waals surface area contributed by atoms with Crippen LogP contribution >= 0.6 is 0 Å². The second-order valence-corrected chi connectivity index (χ2v) is 9.60. The van der Waals surface area contributed by atoms with Gasteiger partial charge in [0.05, 0.1) is 0 Å². The van der Waals surface area contributed by atoms with Crippen LogP contribution in [0.15, 0.2) is 95.4 Å². The molecule has 0 bridgehead atoms. The monoisotopic (exact) mass is 494 g/mol. The number of nitrogens with one attached hydrogen (secondary N) is 1. The topological polar surface area (TPSA) is 84.6 Å². The fraction of sp³-hybridized carbons (Fsp3) is 0.226. The highest BCUT2D eigenvalue weighted by molar-refractivity contribution is 5.86. The Labute approximate surface area is 215 Å². The number of hydrogen-bond acceptors (Lipinski definition) is 5. The molecule has 5 rings (SSSR count). The fourth-order valence-electron chi connectivity index (χ4n) is 4.62. The minimum atomic E-state index is -1.37. The number of carbonyl (C=O) groups is 1. The van der Waals surface area contributed by atoms with E-state index in [1.807, 2.05) is 66.7 Å². The summed E-state index contributed by atoms with van der Waals surface area (Å²) in [7, 11) is 0. The van der Waals surface area contributed by atoms with Crippen LogP contribution in [0, 0.1) is 0 Å². The molecule has 6 nitrogen and oxygen atoms in total. The van der Waals surface area contributed by atoms with Crippen LogP contribution in [0.2, 0.25) is 0 Å². The van der Waals surface area contributed by atoms with E-state index >= 15 is 0 Å². The minimum absolute atomic E-state index is 0.167. The van der Waals surface area contributed by atoms with Gasteiger partial charge in [0.25, 0.3) is 0 Å². The number of nitrogens with zero attached hydrogens (tertiary/aromatic N) is 1. The van der Waals surface area contributed by atoms with Crippen LogP contribution in [-0.4, -0.2) is 21.7 Å². The van der Waals surface area contributed by atoms with Gasteiger partial charge in [-0.15, -0.1) is 0 Å². The van der Waals surface area contributed by atoms with Crippen molar-refractivity contribution in [3.63, 3.8) is 0 Å². The lowest BCUT2D eigenvalue weighted by molar-refractivity contribution is -0.152. The molecule has 1 heterocycles. The fourth-order valence-corrected chi connectivity index (χ4v) is 4.62. The number of benzene rings is 4. The standard InChI is InChI=1S/C31H30N2O4/c1-4-24(23-15-7-9-18-26(23)37-31(2,3)30(34)35)32-28(29-33-25-17-8-10-19-27(25)36-29)22-16-11-13-20-12-5-6-14-21(20)22/h5-19,24,28,32H,4H2,1-3H3,(H,34,35). The summed E-state index contributed by atoms with van der Waals surface area (Å²) in [4.78, 5) is 16.6. The van der Waals surface area contributed by atoms with Crippen molar-refractivity contribution in [3.8, 4) is 5.75 Å². The molecule has 2 atom stereocenters. The Kier molecular flexibility index (Phi) is 6.68. The molecule has 0 radical (unpaired) electrons. The van der Waals surface area contributed by atoms with Gasteiger partial charge in [-0.05, 0) is 54.8 Å². The summed E-state index contributed by atoms with van der Waals surface area (Å²) < 4.78 is 12.3. The first kappa shape index (κ1) is 24.5. The Morgan fingerprint density at radius 3 is 2.41 bits per heavy atom. The highest BCUT2D eigenvalue weighted by atomic mass is 16.5. The average Bonchev–Trinajstić information content (AvgIpc) is 3.33. The third-order valence-corrected chi connectivity index (χ3v) is 6.64. The summed E-state index contributed by atoms with van der Waals surface area (Å²) >= 11 is 0. The number of aromatic nitrogens is 1.